The van der Waals surface area contributed by atoms with E-state index in [0.29, 0.717) is 5.95 Å². The van der Waals surface area contributed by atoms with E-state index in [0.717, 1.165) is 63.4 Å². The van der Waals surface area contributed by atoms with Crippen molar-refractivity contribution in [1.29, 1.82) is 0 Å². The van der Waals surface area contributed by atoms with Crippen molar-refractivity contribution in [2.45, 2.75) is 44.2 Å². The Balaban J connectivity index is 1.42. The second-order valence-electron chi connectivity index (χ2n) is 8.11. The summed E-state index contributed by atoms with van der Waals surface area (Å²) in [6, 6.07) is 18.6. The zero-order valence-electron chi connectivity index (χ0n) is 17.5. The van der Waals surface area contributed by atoms with Crippen LogP contribution in [-0.4, -0.2) is 32.2 Å². The van der Waals surface area contributed by atoms with Gasteiger partial charge in [-0.15, -0.1) is 0 Å². The van der Waals surface area contributed by atoms with E-state index in [9.17, 15) is 5.11 Å². The molecule has 32 heavy (non-hydrogen) atoms. The molecule has 0 atom stereocenters. The number of thiazole rings is 1. The molecule has 1 fully saturated rings. The van der Waals surface area contributed by atoms with E-state index in [4.69, 9.17) is 15.0 Å². The van der Waals surface area contributed by atoms with Crippen LogP contribution in [0.25, 0.3) is 10.2 Å². The molecular formula is C24H24BrN5OS. The van der Waals surface area contributed by atoms with E-state index >= 15 is 0 Å². The lowest BCUT2D eigenvalue weighted by molar-refractivity contribution is 0.126. The predicted octanol–water partition coefficient (Wildman–Crippen LogP) is 5.90. The van der Waals surface area contributed by atoms with E-state index in [2.05, 4.69) is 38.7 Å². The van der Waals surface area contributed by atoms with Crippen LogP contribution in [0.1, 0.15) is 36.9 Å². The Morgan fingerprint density at radius 1 is 0.969 bits per heavy atom. The molecule has 0 radical (unpaired) electrons. The minimum Gasteiger partial charge on any atom is -0.393 e. The highest BCUT2D eigenvalue weighted by Gasteiger charge is 2.20. The fraction of sp³-hybridized carbons (Fsp3) is 0.292. The van der Waals surface area contributed by atoms with E-state index in [1.807, 2.05) is 42.5 Å². The van der Waals surface area contributed by atoms with Gasteiger partial charge < -0.3 is 15.7 Å². The van der Waals surface area contributed by atoms with Crippen molar-refractivity contribution >= 4 is 54.4 Å². The topological polar surface area (TPSA) is 83.0 Å². The Bertz CT molecular complexity index is 1210. The van der Waals surface area contributed by atoms with Gasteiger partial charge in [-0.25, -0.2) is 9.97 Å². The van der Waals surface area contributed by atoms with Crippen LogP contribution < -0.4 is 10.6 Å². The van der Waals surface area contributed by atoms with E-state index in [-0.39, 0.29) is 12.1 Å². The Hall–Kier alpha value is -2.55. The monoisotopic (exact) mass is 509 g/mol. The first-order valence-electron chi connectivity index (χ1n) is 10.8. The second-order valence-corrected chi connectivity index (χ2v) is 9.97. The molecule has 4 aromatic rings. The van der Waals surface area contributed by atoms with E-state index in [1.165, 1.54) is 5.56 Å². The molecule has 5 rings (SSSR count). The molecule has 0 amide bonds. The van der Waals surface area contributed by atoms with Crippen LogP contribution in [-0.2, 0) is 6.42 Å². The molecule has 0 aliphatic heterocycles. The van der Waals surface area contributed by atoms with Crippen molar-refractivity contribution in [2.75, 3.05) is 10.6 Å². The first-order chi connectivity index (χ1) is 15.6. The summed E-state index contributed by atoms with van der Waals surface area (Å²) >= 11 is 5.20. The molecule has 6 nitrogen and oxygen atoms in total. The molecule has 1 aliphatic carbocycles. The Labute approximate surface area is 199 Å². The number of aliphatic hydroxyl groups is 1. The number of fused-ring (bicyclic) bond motifs is 1. The smallest absolute Gasteiger partial charge is 0.225 e. The number of hydrogen-bond acceptors (Lipinski definition) is 7. The van der Waals surface area contributed by atoms with Gasteiger partial charge in [0.05, 0.1) is 22.0 Å². The predicted molar refractivity (Wildman–Crippen MR) is 134 cm³/mol. The maximum Gasteiger partial charge on any atom is 0.225 e. The zero-order valence-corrected chi connectivity index (χ0v) is 19.9. The van der Waals surface area contributed by atoms with Crippen LogP contribution in [0, 0.1) is 0 Å². The van der Waals surface area contributed by atoms with Gasteiger partial charge in [-0.3, -0.25) is 0 Å². The molecule has 1 saturated carbocycles. The summed E-state index contributed by atoms with van der Waals surface area (Å²) in [6.07, 6.45) is 4.00. The minimum atomic E-state index is -0.186. The number of aromatic nitrogens is 3. The molecule has 0 spiro atoms. The van der Waals surface area contributed by atoms with E-state index < -0.39 is 0 Å². The summed E-state index contributed by atoms with van der Waals surface area (Å²) in [6.45, 7) is 0. The molecule has 8 heteroatoms. The van der Waals surface area contributed by atoms with Crippen molar-refractivity contribution < 1.29 is 5.11 Å². The maximum absolute atomic E-state index is 9.81. The molecule has 2 aromatic carbocycles. The highest BCUT2D eigenvalue weighted by atomic mass is 79.9. The lowest BCUT2D eigenvalue weighted by atomic mass is 9.93. The first kappa shape index (κ1) is 21.3. The van der Waals surface area contributed by atoms with Gasteiger partial charge in [-0.05, 0) is 59.3 Å². The summed E-state index contributed by atoms with van der Waals surface area (Å²) in [4.78, 5) is 14.2. The summed E-state index contributed by atoms with van der Waals surface area (Å²) in [5.74, 6) is 1.34. The summed E-state index contributed by atoms with van der Waals surface area (Å²) in [5, 5.41) is 17.5. The highest BCUT2D eigenvalue weighted by molar-refractivity contribution is 9.10. The number of hydrogen-bond donors (Lipinski definition) is 3. The van der Waals surface area contributed by atoms with Crippen LogP contribution >= 0.6 is 27.3 Å². The van der Waals surface area contributed by atoms with Crippen molar-refractivity contribution in [1.82, 2.24) is 15.0 Å². The molecule has 2 heterocycles. The number of rotatable bonds is 6. The molecule has 0 bridgehead atoms. The average molecular weight is 510 g/mol. The number of halogens is 1. The SMILES string of the molecule is O[C@H]1CC[C@H](Nc2nc(Cc3ccccc3)cc(Nc3nc4cccc(Br)c4s3)n2)CC1. The van der Waals surface area contributed by atoms with Crippen LogP contribution in [0.3, 0.4) is 0 Å². The number of nitrogens with one attached hydrogen (secondary N) is 2. The summed E-state index contributed by atoms with van der Waals surface area (Å²) in [5.41, 5.74) is 3.09. The van der Waals surface area contributed by atoms with Gasteiger partial charge in [0.2, 0.25) is 5.95 Å². The maximum atomic E-state index is 9.81. The fourth-order valence-electron chi connectivity index (χ4n) is 4.00. The molecule has 1 aliphatic rings. The molecular weight excluding hydrogens is 486 g/mol. The Morgan fingerprint density at radius 2 is 1.78 bits per heavy atom. The zero-order chi connectivity index (χ0) is 21.9. The Kier molecular flexibility index (Phi) is 6.34. The molecule has 3 N–H and O–H groups in total. The van der Waals surface area contributed by atoms with Crippen molar-refractivity contribution in [3.05, 3.63) is 70.3 Å². The molecule has 0 unspecified atom stereocenters. The summed E-state index contributed by atoms with van der Waals surface area (Å²) in [7, 11) is 0. The van der Waals surface area contributed by atoms with Gasteiger partial charge in [0.1, 0.15) is 5.82 Å². The van der Waals surface area contributed by atoms with Gasteiger partial charge in [0.25, 0.3) is 0 Å². The normalized spacial score (nSPS) is 18.6. The van der Waals surface area contributed by atoms with Crippen LogP contribution in [0.15, 0.2) is 59.1 Å². The molecule has 2 aromatic heterocycles. The standard InChI is InChI=1S/C24H24BrN5OS/c25-19-7-4-8-20-22(19)32-24(28-20)30-21-14-17(13-15-5-2-1-3-6-15)27-23(29-21)26-16-9-11-18(31)12-10-16/h1-8,14,16,18,31H,9-13H2,(H2,26,27,28,29,30)/t16-,18-. The third kappa shape index (κ3) is 5.09. The third-order valence-corrected chi connectivity index (χ3v) is 7.58. The number of aliphatic hydroxyl groups excluding tert-OH is 1. The lowest BCUT2D eigenvalue weighted by Gasteiger charge is -2.26. The Morgan fingerprint density at radius 3 is 2.56 bits per heavy atom. The van der Waals surface area contributed by atoms with Crippen molar-refractivity contribution in [2.24, 2.45) is 0 Å². The minimum absolute atomic E-state index is 0.186. The largest absolute Gasteiger partial charge is 0.393 e. The lowest BCUT2D eigenvalue weighted by Crippen LogP contribution is -2.29. The van der Waals surface area contributed by atoms with E-state index in [1.54, 1.807) is 11.3 Å². The molecule has 0 saturated heterocycles. The third-order valence-electron chi connectivity index (χ3n) is 5.64. The molecule has 164 valence electrons. The first-order valence-corrected chi connectivity index (χ1v) is 12.4. The summed E-state index contributed by atoms with van der Waals surface area (Å²) < 4.78 is 2.14. The van der Waals surface area contributed by atoms with Crippen molar-refractivity contribution in [3.63, 3.8) is 0 Å². The second kappa shape index (κ2) is 9.52. The average Bonchev–Trinajstić information content (AvgIpc) is 3.20. The van der Waals surface area contributed by atoms with Gasteiger partial charge in [0, 0.05) is 23.0 Å². The van der Waals surface area contributed by atoms with Crippen LogP contribution in [0.4, 0.5) is 16.9 Å². The number of benzene rings is 2. The van der Waals surface area contributed by atoms with Gasteiger partial charge in [0.15, 0.2) is 5.13 Å². The fourth-order valence-corrected chi connectivity index (χ4v) is 5.48. The number of nitrogens with zero attached hydrogens (tertiary/aromatic N) is 3. The van der Waals surface area contributed by atoms with Gasteiger partial charge in [-0.1, -0.05) is 47.7 Å². The van der Waals surface area contributed by atoms with Gasteiger partial charge in [-0.2, -0.15) is 4.98 Å². The number of anilines is 3. The van der Waals surface area contributed by atoms with Crippen LogP contribution in [0.5, 0.6) is 0 Å². The quantitative estimate of drug-likeness (QED) is 0.300. The van der Waals surface area contributed by atoms with Gasteiger partial charge >= 0.3 is 0 Å². The highest BCUT2D eigenvalue weighted by Crippen LogP contribution is 2.33. The van der Waals surface area contributed by atoms with Crippen LogP contribution in [0.2, 0.25) is 0 Å². The van der Waals surface area contributed by atoms with Crippen molar-refractivity contribution in [3.8, 4) is 0 Å².